The lowest BCUT2D eigenvalue weighted by Gasteiger charge is -2.33. The normalized spacial score (nSPS) is 20.5. The fourth-order valence-electron chi connectivity index (χ4n) is 2.01. The van der Waals surface area contributed by atoms with Crippen LogP contribution in [0.4, 0.5) is 4.39 Å². The molecule has 4 nitrogen and oxygen atoms in total. The SMILES string of the molecule is CC1CNCCN1S(=O)(=O)c1ccc(Cl)c(F)c1Cl.Cl. The van der Waals surface area contributed by atoms with E-state index in [1.807, 2.05) is 0 Å². The van der Waals surface area contributed by atoms with E-state index in [1.165, 1.54) is 16.4 Å². The number of nitrogens with one attached hydrogen (secondary N) is 1. The molecule has 114 valence electrons. The van der Waals surface area contributed by atoms with Gasteiger partial charge in [-0.1, -0.05) is 23.2 Å². The number of piperazine rings is 1. The maximum Gasteiger partial charge on any atom is 0.244 e. The van der Waals surface area contributed by atoms with E-state index in [4.69, 9.17) is 23.2 Å². The predicted molar refractivity (Wildman–Crippen MR) is 79.9 cm³/mol. The zero-order valence-electron chi connectivity index (χ0n) is 10.6. The molecule has 20 heavy (non-hydrogen) atoms. The van der Waals surface area contributed by atoms with Crippen LogP contribution in [0.3, 0.4) is 0 Å². The third kappa shape index (κ3) is 3.21. The lowest BCUT2D eigenvalue weighted by atomic mass is 10.3. The van der Waals surface area contributed by atoms with Crippen molar-refractivity contribution < 1.29 is 12.8 Å². The lowest BCUT2D eigenvalue weighted by Crippen LogP contribution is -2.52. The molecular weight excluding hydrogens is 350 g/mol. The summed E-state index contributed by atoms with van der Waals surface area (Å²) in [6.45, 7) is 3.21. The Bertz CT molecular complexity index is 598. The minimum atomic E-state index is -3.82. The minimum Gasteiger partial charge on any atom is -0.314 e. The van der Waals surface area contributed by atoms with E-state index in [2.05, 4.69) is 5.32 Å². The van der Waals surface area contributed by atoms with Gasteiger partial charge >= 0.3 is 0 Å². The van der Waals surface area contributed by atoms with Crippen LogP contribution in [0.25, 0.3) is 0 Å². The van der Waals surface area contributed by atoms with Crippen molar-refractivity contribution in [3.05, 3.63) is 28.0 Å². The summed E-state index contributed by atoms with van der Waals surface area (Å²) in [4.78, 5) is -0.246. The van der Waals surface area contributed by atoms with Gasteiger partial charge in [-0.25, -0.2) is 12.8 Å². The molecule has 1 N–H and O–H groups in total. The highest BCUT2D eigenvalue weighted by molar-refractivity contribution is 7.89. The summed E-state index contributed by atoms with van der Waals surface area (Å²) >= 11 is 11.3. The molecule has 1 saturated heterocycles. The van der Waals surface area contributed by atoms with Crippen molar-refractivity contribution in [2.45, 2.75) is 17.9 Å². The lowest BCUT2D eigenvalue weighted by molar-refractivity contribution is 0.284. The number of sulfonamides is 1. The van der Waals surface area contributed by atoms with Crippen molar-refractivity contribution in [1.29, 1.82) is 0 Å². The molecule has 1 fully saturated rings. The van der Waals surface area contributed by atoms with Crippen molar-refractivity contribution in [1.82, 2.24) is 9.62 Å². The van der Waals surface area contributed by atoms with Crippen LogP contribution in [0.15, 0.2) is 17.0 Å². The molecule has 9 heteroatoms. The average Bonchev–Trinajstić information content (AvgIpc) is 2.36. The van der Waals surface area contributed by atoms with Gasteiger partial charge in [-0.15, -0.1) is 12.4 Å². The highest BCUT2D eigenvalue weighted by atomic mass is 35.5. The zero-order chi connectivity index (χ0) is 14.2. The van der Waals surface area contributed by atoms with Gasteiger partial charge < -0.3 is 5.32 Å². The van der Waals surface area contributed by atoms with Crippen LogP contribution in [-0.2, 0) is 10.0 Å². The summed E-state index contributed by atoms with van der Waals surface area (Å²) in [5.41, 5.74) is 0. The first-order chi connectivity index (χ1) is 8.85. The molecule has 1 aromatic carbocycles. The highest BCUT2D eigenvalue weighted by Crippen LogP contribution is 2.32. The van der Waals surface area contributed by atoms with Crippen LogP contribution in [0.5, 0.6) is 0 Å². The second kappa shape index (κ2) is 6.77. The highest BCUT2D eigenvalue weighted by Gasteiger charge is 2.33. The Morgan fingerprint density at radius 2 is 2.05 bits per heavy atom. The van der Waals surface area contributed by atoms with E-state index in [-0.39, 0.29) is 28.4 Å². The van der Waals surface area contributed by atoms with Crippen molar-refractivity contribution in [3.63, 3.8) is 0 Å². The van der Waals surface area contributed by atoms with Crippen molar-refractivity contribution in [2.24, 2.45) is 0 Å². The van der Waals surface area contributed by atoms with Crippen molar-refractivity contribution in [3.8, 4) is 0 Å². The van der Waals surface area contributed by atoms with Gasteiger partial charge in [0.05, 0.1) is 10.0 Å². The van der Waals surface area contributed by atoms with Crippen LogP contribution >= 0.6 is 35.6 Å². The molecule has 1 aliphatic rings. The molecule has 1 heterocycles. The van der Waals surface area contributed by atoms with Crippen LogP contribution in [0.2, 0.25) is 10.0 Å². The maximum atomic E-state index is 13.6. The quantitative estimate of drug-likeness (QED) is 0.822. The van der Waals surface area contributed by atoms with E-state index < -0.39 is 20.9 Å². The topological polar surface area (TPSA) is 49.4 Å². The third-order valence-corrected chi connectivity index (χ3v) is 5.86. The van der Waals surface area contributed by atoms with Crippen LogP contribution in [0, 0.1) is 5.82 Å². The van der Waals surface area contributed by atoms with E-state index >= 15 is 0 Å². The third-order valence-electron chi connectivity index (χ3n) is 3.03. The van der Waals surface area contributed by atoms with Crippen LogP contribution in [-0.4, -0.2) is 38.4 Å². The molecule has 2 rings (SSSR count). The molecular formula is C11H14Cl3FN2O2S. The molecule has 1 aromatic rings. The van der Waals surface area contributed by atoms with Gasteiger partial charge in [0.25, 0.3) is 0 Å². The molecule has 0 aliphatic carbocycles. The Hall–Kier alpha value is -0.110. The fraction of sp³-hybridized carbons (Fsp3) is 0.455. The van der Waals surface area contributed by atoms with Gasteiger partial charge in [-0.05, 0) is 19.1 Å². The van der Waals surface area contributed by atoms with E-state index in [1.54, 1.807) is 6.92 Å². The summed E-state index contributed by atoms with van der Waals surface area (Å²) < 4.78 is 39.9. The van der Waals surface area contributed by atoms with Crippen molar-refractivity contribution >= 4 is 45.6 Å². The van der Waals surface area contributed by atoms with Gasteiger partial charge in [-0.2, -0.15) is 4.31 Å². The molecule has 0 bridgehead atoms. The second-order valence-corrected chi connectivity index (χ2v) is 6.99. The molecule has 0 spiro atoms. The molecule has 0 saturated carbocycles. The summed E-state index contributed by atoms with van der Waals surface area (Å²) in [6.07, 6.45) is 0. The first-order valence-corrected chi connectivity index (χ1v) is 7.91. The van der Waals surface area contributed by atoms with Crippen molar-refractivity contribution in [2.75, 3.05) is 19.6 Å². The maximum absolute atomic E-state index is 13.6. The second-order valence-electron chi connectivity index (χ2n) is 4.34. The van der Waals surface area contributed by atoms with Gasteiger partial charge in [0, 0.05) is 25.7 Å². The minimum absolute atomic E-state index is 0. The summed E-state index contributed by atoms with van der Waals surface area (Å²) in [7, 11) is -3.82. The molecule has 1 unspecified atom stereocenters. The van der Waals surface area contributed by atoms with E-state index in [9.17, 15) is 12.8 Å². The van der Waals surface area contributed by atoms with E-state index in [0.717, 1.165) is 0 Å². The number of nitrogens with zero attached hydrogens (tertiary/aromatic N) is 1. The summed E-state index contributed by atoms with van der Waals surface area (Å²) in [5, 5.41) is 2.43. The number of halogens is 4. The van der Waals surface area contributed by atoms with E-state index in [0.29, 0.717) is 19.6 Å². The fourth-order valence-corrected chi connectivity index (χ4v) is 4.37. The largest absolute Gasteiger partial charge is 0.314 e. The number of hydrogen-bond donors (Lipinski definition) is 1. The van der Waals surface area contributed by atoms with Gasteiger partial charge in [0.15, 0.2) is 5.82 Å². The number of rotatable bonds is 2. The Balaban J connectivity index is 0.00000200. The standard InChI is InChI=1S/C11H13Cl2FN2O2S.ClH/c1-7-6-15-4-5-16(7)19(17,18)9-3-2-8(12)11(14)10(9)13;/h2-3,7,15H,4-6H2,1H3;1H. The van der Waals surface area contributed by atoms with Gasteiger partial charge in [0.1, 0.15) is 4.90 Å². The predicted octanol–water partition coefficient (Wildman–Crippen LogP) is 2.54. The zero-order valence-corrected chi connectivity index (χ0v) is 13.7. The van der Waals surface area contributed by atoms with Gasteiger partial charge in [-0.3, -0.25) is 0 Å². The Labute approximate surface area is 133 Å². The first kappa shape index (κ1) is 17.9. The Kier molecular flexibility index (Phi) is 6.07. The number of hydrogen-bond acceptors (Lipinski definition) is 3. The summed E-state index contributed by atoms with van der Waals surface area (Å²) in [5.74, 6) is -0.910. The van der Waals surface area contributed by atoms with Gasteiger partial charge in [0.2, 0.25) is 10.0 Å². The Morgan fingerprint density at radius 3 is 2.65 bits per heavy atom. The number of benzene rings is 1. The molecule has 1 aliphatic heterocycles. The summed E-state index contributed by atoms with van der Waals surface area (Å²) in [6, 6.07) is 2.22. The molecule has 0 aromatic heterocycles. The van der Waals surface area contributed by atoms with Crippen LogP contribution in [0.1, 0.15) is 6.92 Å². The Morgan fingerprint density at radius 1 is 1.40 bits per heavy atom. The van der Waals surface area contributed by atoms with Crippen LogP contribution < -0.4 is 5.32 Å². The molecule has 0 radical (unpaired) electrons. The smallest absolute Gasteiger partial charge is 0.244 e. The molecule has 0 amide bonds. The first-order valence-electron chi connectivity index (χ1n) is 5.71. The molecule has 1 atom stereocenters. The monoisotopic (exact) mass is 362 g/mol. The average molecular weight is 364 g/mol.